The predicted octanol–water partition coefficient (Wildman–Crippen LogP) is 5.64. The summed E-state index contributed by atoms with van der Waals surface area (Å²) in [6.07, 6.45) is 6.89. The number of hydrogen-bond acceptors (Lipinski definition) is 5. The molecule has 0 amide bonds. The number of hydrogen-bond donors (Lipinski definition) is 0. The van der Waals surface area contributed by atoms with Gasteiger partial charge in [0.15, 0.2) is 5.78 Å². The second-order valence-corrected chi connectivity index (χ2v) is 8.65. The van der Waals surface area contributed by atoms with Gasteiger partial charge in [0.1, 0.15) is 5.60 Å². The van der Waals surface area contributed by atoms with E-state index in [1.807, 2.05) is 13.8 Å². The zero-order valence-corrected chi connectivity index (χ0v) is 23.8. The Morgan fingerprint density at radius 1 is 1.16 bits per heavy atom. The number of halogens is 2. The van der Waals surface area contributed by atoms with Gasteiger partial charge in [-0.25, -0.2) is 0 Å². The molecule has 3 aliphatic carbocycles. The fourth-order valence-corrected chi connectivity index (χ4v) is 5.98. The van der Waals surface area contributed by atoms with Crippen molar-refractivity contribution in [3.8, 4) is 0 Å². The second-order valence-electron chi connectivity index (χ2n) is 8.65. The quantitative estimate of drug-likeness (QED) is 0.274. The molecule has 0 N–H and O–H groups in total. The summed E-state index contributed by atoms with van der Waals surface area (Å²) in [5.74, 6) is 0.563. The maximum Gasteiger partial charge on any atom is 0.191 e. The van der Waals surface area contributed by atoms with E-state index in [1.165, 1.54) is 0 Å². The van der Waals surface area contributed by atoms with Gasteiger partial charge in [0.05, 0.1) is 25.1 Å². The van der Waals surface area contributed by atoms with Crippen molar-refractivity contribution < 1.29 is 23.7 Å². The number of fused-ring (bicyclic) bond motifs is 3. The molecule has 6 atom stereocenters. The van der Waals surface area contributed by atoms with Gasteiger partial charge in [-0.15, -0.1) is 0 Å². The molecule has 0 spiro atoms. The van der Waals surface area contributed by atoms with Gasteiger partial charge in [0.2, 0.25) is 0 Å². The SMILES string of the molecule is C=C(C)C1C(OC)=C[C@@H](C)C2(OC)C1C=C(COC)CC1(OC)C(=O)C(C)=CC12.II. The minimum absolute atomic E-state index is 0.00401. The highest BCUT2D eigenvalue weighted by atomic mass is 128. The standard InChI is InChI=1S/C24H34O5.I2/c1-14(2)21-18-11-17(13-26-5)12-23(28-7)20(9-15(3)22(23)25)24(18,29-8)16(4)10-19(21)27-6;1-2/h9-11,16,18,20-21H,1,12-13H2,2-8H3;/t16-,18?,20?,21?,23?,24?;/m1./s1. The van der Waals surface area contributed by atoms with Crippen molar-refractivity contribution in [2.24, 2.45) is 23.7 Å². The van der Waals surface area contributed by atoms with E-state index in [-0.39, 0.29) is 29.5 Å². The fourth-order valence-electron chi connectivity index (χ4n) is 5.98. The molecule has 5 nitrogen and oxygen atoms in total. The Labute approximate surface area is 210 Å². The Bertz CT molecular complexity index is 802. The van der Waals surface area contributed by atoms with Crippen molar-refractivity contribution in [2.45, 2.75) is 38.4 Å². The van der Waals surface area contributed by atoms with Crippen molar-refractivity contribution in [3.63, 3.8) is 0 Å². The molecule has 0 aromatic heterocycles. The van der Waals surface area contributed by atoms with Crippen LogP contribution in [0.25, 0.3) is 0 Å². The van der Waals surface area contributed by atoms with Gasteiger partial charge in [-0.3, -0.25) is 4.79 Å². The Morgan fingerprint density at radius 3 is 2.29 bits per heavy atom. The Morgan fingerprint density at radius 2 is 1.81 bits per heavy atom. The first-order valence-corrected chi connectivity index (χ1v) is 16.6. The average molecular weight is 656 g/mol. The van der Waals surface area contributed by atoms with Gasteiger partial charge >= 0.3 is 0 Å². The molecule has 3 aliphatic rings. The number of carbonyl (C=O) groups excluding carboxylic acids is 1. The molecule has 5 unspecified atom stereocenters. The van der Waals surface area contributed by atoms with Crippen LogP contribution in [0, 0.1) is 23.7 Å². The summed E-state index contributed by atoms with van der Waals surface area (Å²) < 4.78 is 23.8. The van der Waals surface area contributed by atoms with E-state index in [1.54, 1.807) is 28.4 Å². The minimum Gasteiger partial charge on any atom is -0.501 e. The summed E-state index contributed by atoms with van der Waals surface area (Å²) >= 11 is 4.24. The zero-order valence-electron chi connectivity index (χ0n) is 19.5. The van der Waals surface area contributed by atoms with Crippen molar-refractivity contribution in [1.29, 1.82) is 0 Å². The summed E-state index contributed by atoms with van der Waals surface area (Å²) in [4.78, 5) is 13.4. The fraction of sp³-hybridized carbons (Fsp3) is 0.625. The maximum atomic E-state index is 13.4. The highest BCUT2D eigenvalue weighted by molar-refractivity contribution is 15.0. The molecule has 7 heteroatoms. The number of ketones is 1. The van der Waals surface area contributed by atoms with Crippen molar-refractivity contribution in [3.05, 3.63) is 47.3 Å². The van der Waals surface area contributed by atoms with Crippen LogP contribution in [0.3, 0.4) is 0 Å². The van der Waals surface area contributed by atoms with Gasteiger partial charge in [-0.1, -0.05) is 31.2 Å². The third kappa shape index (κ3) is 4.22. The normalized spacial score (nSPS) is 36.7. The van der Waals surface area contributed by atoms with Crippen molar-refractivity contribution in [2.75, 3.05) is 35.0 Å². The monoisotopic (exact) mass is 656 g/mol. The molecule has 0 aromatic rings. The van der Waals surface area contributed by atoms with Crippen LogP contribution in [-0.2, 0) is 23.7 Å². The lowest BCUT2D eigenvalue weighted by molar-refractivity contribution is -0.179. The largest absolute Gasteiger partial charge is 0.501 e. The maximum absolute atomic E-state index is 13.4. The third-order valence-corrected chi connectivity index (χ3v) is 7.18. The van der Waals surface area contributed by atoms with Gasteiger partial charge in [-0.2, -0.15) is 0 Å². The van der Waals surface area contributed by atoms with E-state index in [2.05, 4.69) is 69.0 Å². The first kappa shape index (κ1) is 27.0. The van der Waals surface area contributed by atoms with Gasteiger partial charge in [-0.05, 0) is 31.1 Å². The number of carbonyl (C=O) groups is 1. The lowest BCUT2D eigenvalue weighted by atomic mass is 9.58. The third-order valence-electron chi connectivity index (χ3n) is 7.18. The van der Waals surface area contributed by atoms with Crippen LogP contribution in [0.5, 0.6) is 0 Å². The zero-order chi connectivity index (χ0) is 23.6. The summed E-state index contributed by atoms with van der Waals surface area (Å²) in [5, 5.41) is 0. The Balaban J connectivity index is 0.00000166. The highest BCUT2D eigenvalue weighted by Gasteiger charge is 2.66. The first-order valence-electron chi connectivity index (χ1n) is 10.3. The molecular weight excluding hydrogens is 622 g/mol. The molecule has 3 rings (SSSR count). The molecule has 0 bridgehead atoms. The van der Waals surface area contributed by atoms with Crippen LogP contribution in [-0.4, -0.2) is 52.0 Å². The van der Waals surface area contributed by atoms with Gasteiger partial charge in [0.25, 0.3) is 0 Å². The molecule has 0 saturated carbocycles. The van der Waals surface area contributed by atoms with E-state index in [0.717, 1.165) is 22.5 Å². The Hall–Kier alpha value is -0.230. The molecule has 31 heavy (non-hydrogen) atoms. The molecule has 174 valence electrons. The number of allylic oxidation sites excluding steroid dienone is 1. The number of rotatable bonds is 6. The molecule has 0 fully saturated rings. The molecule has 0 aliphatic heterocycles. The van der Waals surface area contributed by atoms with E-state index in [0.29, 0.717) is 13.0 Å². The van der Waals surface area contributed by atoms with Gasteiger partial charge < -0.3 is 18.9 Å². The topological polar surface area (TPSA) is 54.0 Å². The lowest BCUT2D eigenvalue weighted by Gasteiger charge is -2.53. The summed E-state index contributed by atoms with van der Waals surface area (Å²) in [5.41, 5.74) is 1.09. The summed E-state index contributed by atoms with van der Waals surface area (Å²) in [6.45, 7) is 10.7. The lowest BCUT2D eigenvalue weighted by Crippen LogP contribution is -2.61. The number of Topliss-reactive ketones (excluding diaryl/α,β-unsaturated/α-hetero) is 1. The molecule has 0 radical (unpaired) electrons. The number of methoxy groups -OCH3 is 4. The molecule has 0 saturated heterocycles. The van der Waals surface area contributed by atoms with Crippen LogP contribution in [0.2, 0.25) is 0 Å². The molecular formula is C24H34I2O5. The van der Waals surface area contributed by atoms with Crippen LogP contribution >= 0.6 is 37.2 Å². The molecule has 0 aromatic carbocycles. The summed E-state index contributed by atoms with van der Waals surface area (Å²) in [6, 6.07) is 0. The Kier molecular flexibility index (Phi) is 9.41. The van der Waals surface area contributed by atoms with E-state index < -0.39 is 11.2 Å². The van der Waals surface area contributed by atoms with Crippen molar-refractivity contribution >= 4 is 43.0 Å². The second kappa shape index (κ2) is 10.8. The highest BCUT2D eigenvalue weighted by Crippen LogP contribution is 2.59. The van der Waals surface area contributed by atoms with E-state index in [4.69, 9.17) is 18.9 Å². The predicted molar refractivity (Wildman–Crippen MR) is 140 cm³/mol. The first-order chi connectivity index (χ1) is 14.7. The van der Waals surface area contributed by atoms with E-state index in [9.17, 15) is 4.79 Å². The average Bonchev–Trinajstić information content (AvgIpc) is 2.93. The van der Waals surface area contributed by atoms with Crippen LogP contribution in [0.1, 0.15) is 27.2 Å². The van der Waals surface area contributed by atoms with Crippen LogP contribution < -0.4 is 0 Å². The van der Waals surface area contributed by atoms with E-state index >= 15 is 0 Å². The van der Waals surface area contributed by atoms with Crippen molar-refractivity contribution in [1.82, 2.24) is 0 Å². The number of ether oxygens (including phenoxy) is 4. The summed E-state index contributed by atoms with van der Waals surface area (Å²) in [7, 11) is 6.75. The van der Waals surface area contributed by atoms with Crippen LogP contribution in [0.4, 0.5) is 0 Å². The van der Waals surface area contributed by atoms with Gasteiger partial charge in [0, 0.05) is 88.7 Å². The van der Waals surface area contributed by atoms with Crippen LogP contribution in [0.15, 0.2) is 47.3 Å². The molecule has 0 heterocycles. The smallest absolute Gasteiger partial charge is 0.191 e. The minimum atomic E-state index is -0.995.